The molecule has 1 aromatic carbocycles. The van der Waals surface area contributed by atoms with Crippen LogP contribution in [0.1, 0.15) is 68.9 Å². The van der Waals surface area contributed by atoms with Crippen LogP contribution in [-0.4, -0.2) is 62.0 Å². The molecule has 0 saturated heterocycles. The second-order valence-electron chi connectivity index (χ2n) is 11.1. The lowest BCUT2D eigenvalue weighted by atomic mass is 9.51. The number of hydrogen-bond donors (Lipinski definition) is 5. The topological polar surface area (TPSA) is 184 Å². The summed E-state index contributed by atoms with van der Waals surface area (Å²) in [5.74, 6) is -9.10. The largest absolute Gasteiger partial charge is 0.508 e. The molecule has 10 heteroatoms. The first-order valence-electron chi connectivity index (χ1n) is 13.4. The van der Waals surface area contributed by atoms with Gasteiger partial charge in [0.25, 0.3) is 5.91 Å². The van der Waals surface area contributed by atoms with Gasteiger partial charge in [-0.05, 0) is 30.4 Å². The van der Waals surface area contributed by atoms with Gasteiger partial charge in [0.15, 0.2) is 11.4 Å². The van der Waals surface area contributed by atoms with E-state index in [1.807, 2.05) is 0 Å². The van der Waals surface area contributed by atoms with Crippen LogP contribution >= 0.6 is 0 Å². The molecule has 0 spiro atoms. The molecule has 208 valence electrons. The molecule has 5 atom stereocenters. The minimum Gasteiger partial charge on any atom is -0.508 e. The second-order valence-corrected chi connectivity index (χ2v) is 11.1. The van der Waals surface area contributed by atoms with Gasteiger partial charge in [-0.3, -0.25) is 19.2 Å². The number of hydrogen-bond acceptors (Lipinski definition) is 9. The summed E-state index contributed by atoms with van der Waals surface area (Å²) in [6.07, 6.45) is 3.30. The van der Waals surface area contributed by atoms with Crippen molar-refractivity contribution in [3.8, 4) is 5.75 Å². The van der Waals surface area contributed by atoms with E-state index in [4.69, 9.17) is 10.5 Å². The zero-order valence-electron chi connectivity index (χ0n) is 21.7. The van der Waals surface area contributed by atoms with E-state index in [1.54, 1.807) is 19.1 Å². The standard InChI is InChI=1S/C29H33NO9/c1-2-13(31)10-16-18-11-20(33)23(28(30)37)26(35)29(18,38)27(36)24-21(16)17(12-39-14-6-3-4-7-14)15-8-5-9-19(32)22(15)25(24)34/h5,8-9,14,16-18,21,32,34-35,38H,2-4,6-7,10-12H2,1H3,(H2,30,37)/t16-,17+,18-,21-,29-/m1/s1. The van der Waals surface area contributed by atoms with Gasteiger partial charge in [-0.25, -0.2) is 0 Å². The Kier molecular flexibility index (Phi) is 6.88. The lowest BCUT2D eigenvalue weighted by Gasteiger charge is -2.52. The minimum absolute atomic E-state index is 0.00187. The summed E-state index contributed by atoms with van der Waals surface area (Å²) in [7, 11) is 0. The molecule has 0 unspecified atom stereocenters. The van der Waals surface area contributed by atoms with Gasteiger partial charge in [0, 0.05) is 42.6 Å². The Morgan fingerprint density at radius 1 is 1.13 bits per heavy atom. The fourth-order valence-corrected chi connectivity index (χ4v) is 7.14. The Morgan fingerprint density at radius 3 is 2.46 bits per heavy atom. The van der Waals surface area contributed by atoms with Crippen LogP contribution in [0, 0.1) is 17.8 Å². The average Bonchev–Trinajstić information content (AvgIpc) is 3.41. The molecular formula is C29H33NO9. The fourth-order valence-electron chi connectivity index (χ4n) is 7.14. The number of aliphatic hydroxyl groups excluding tert-OH is 2. The molecule has 4 aliphatic rings. The van der Waals surface area contributed by atoms with Crippen LogP contribution in [0.4, 0.5) is 0 Å². The maximum atomic E-state index is 14.1. The third-order valence-electron chi connectivity index (χ3n) is 9.04. The van der Waals surface area contributed by atoms with Gasteiger partial charge in [-0.2, -0.15) is 0 Å². The van der Waals surface area contributed by atoms with Crippen molar-refractivity contribution in [3.63, 3.8) is 0 Å². The van der Waals surface area contributed by atoms with Crippen molar-refractivity contribution >= 4 is 29.0 Å². The third-order valence-corrected chi connectivity index (χ3v) is 9.04. The van der Waals surface area contributed by atoms with Gasteiger partial charge in [-0.1, -0.05) is 31.9 Å². The number of carbonyl (C=O) groups excluding carboxylic acids is 4. The van der Waals surface area contributed by atoms with E-state index in [-0.39, 0.29) is 48.2 Å². The summed E-state index contributed by atoms with van der Waals surface area (Å²) in [4.78, 5) is 51.9. The summed E-state index contributed by atoms with van der Waals surface area (Å²) in [6, 6.07) is 4.68. The normalized spacial score (nSPS) is 30.7. The number of aliphatic hydroxyl groups is 3. The smallest absolute Gasteiger partial charge is 0.255 e. The summed E-state index contributed by atoms with van der Waals surface area (Å²) in [6.45, 7) is 1.78. The Bertz CT molecular complexity index is 1320. The molecule has 39 heavy (non-hydrogen) atoms. The van der Waals surface area contributed by atoms with Crippen LogP contribution in [0.3, 0.4) is 0 Å². The van der Waals surface area contributed by atoms with Crippen molar-refractivity contribution < 1.29 is 44.3 Å². The Morgan fingerprint density at radius 2 is 1.82 bits per heavy atom. The summed E-state index contributed by atoms with van der Waals surface area (Å²) in [5, 5.41) is 45.0. The molecule has 0 radical (unpaired) electrons. The monoisotopic (exact) mass is 539 g/mol. The number of Topliss-reactive ketones (excluding diaryl/α,β-unsaturated/α-hetero) is 3. The maximum Gasteiger partial charge on any atom is 0.255 e. The zero-order valence-corrected chi connectivity index (χ0v) is 21.7. The molecule has 2 fully saturated rings. The molecular weight excluding hydrogens is 506 g/mol. The molecule has 5 rings (SSSR count). The number of phenols is 1. The molecule has 6 N–H and O–H groups in total. The van der Waals surface area contributed by atoms with Crippen molar-refractivity contribution in [2.75, 3.05) is 6.61 Å². The van der Waals surface area contributed by atoms with E-state index in [1.165, 1.54) is 6.07 Å². The molecule has 0 aromatic heterocycles. The Balaban J connectivity index is 1.74. The number of benzene rings is 1. The van der Waals surface area contributed by atoms with Gasteiger partial charge in [0.2, 0.25) is 5.78 Å². The van der Waals surface area contributed by atoms with Gasteiger partial charge < -0.3 is 30.9 Å². The van der Waals surface area contributed by atoms with Crippen LogP contribution in [0.5, 0.6) is 5.75 Å². The summed E-state index contributed by atoms with van der Waals surface area (Å²) < 4.78 is 6.26. The highest BCUT2D eigenvalue weighted by Gasteiger charge is 2.65. The molecule has 1 aromatic rings. The fraction of sp³-hybridized carbons (Fsp3) is 0.517. The molecule has 1 amide bonds. The van der Waals surface area contributed by atoms with Crippen molar-refractivity contribution in [2.24, 2.45) is 23.5 Å². The number of primary amides is 1. The number of fused-ring (bicyclic) bond motifs is 3. The predicted octanol–water partition coefficient (Wildman–Crippen LogP) is 2.52. The van der Waals surface area contributed by atoms with E-state index in [0.717, 1.165) is 25.7 Å². The lowest BCUT2D eigenvalue weighted by molar-refractivity contribution is -0.156. The molecule has 0 heterocycles. The Labute approximate surface area is 225 Å². The van der Waals surface area contributed by atoms with Gasteiger partial charge in [0.1, 0.15) is 28.6 Å². The SMILES string of the molecule is CCC(=O)C[C@H]1[C@H]2C(=C(O)c3c(O)cccc3[C@@H]2COC2CCCC2)C(=O)[C@]2(O)C(O)=C(C(N)=O)C(=O)C[C@H]12. The lowest BCUT2D eigenvalue weighted by Crippen LogP contribution is -2.62. The quantitative estimate of drug-likeness (QED) is 0.325. The van der Waals surface area contributed by atoms with E-state index in [9.17, 15) is 39.6 Å². The van der Waals surface area contributed by atoms with E-state index in [0.29, 0.717) is 5.56 Å². The predicted molar refractivity (Wildman–Crippen MR) is 137 cm³/mol. The highest BCUT2D eigenvalue weighted by Crippen LogP contribution is 2.59. The molecule has 0 bridgehead atoms. The van der Waals surface area contributed by atoms with E-state index >= 15 is 0 Å². The van der Waals surface area contributed by atoms with Crippen molar-refractivity contribution in [1.29, 1.82) is 0 Å². The number of phenolic OH excluding ortho intramolecular Hbond substituents is 1. The van der Waals surface area contributed by atoms with E-state index < -0.39 is 70.3 Å². The number of ketones is 3. The van der Waals surface area contributed by atoms with Gasteiger partial charge in [-0.15, -0.1) is 0 Å². The molecule has 2 saturated carbocycles. The van der Waals surface area contributed by atoms with Crippen LogP contribution < -0.4 is 5.73 Å². The second kappa shape index (κ2) is 9.91. The average molecular weight is 540 g/mol. The maximum absolute atomic E-state index is 14.1. The first kappa shape index (κ1) is 27.1. The summed E-state index contributed by atoms with van der Waals surface area (Å²) >= 11 is 0. The first-order valence-corrected chi connectivity index (χ1v) is 13.4. The van der Waals surface area contributed by atoms with Crippen LogP contribution in [0.15, 0.2) is 35.1 Å². The molecule has 4 aliphatic carbocycles. The molecule has 10 nitrogen and oxygen atoms in total. The van der Waals surface area contributed by atoms with E-state index in [2.05, 4.69) is 0 Å². The van der Waals surface area contributed by atoms with Crippen LogP contribution in [-0.2, 0) is 23.9 Å². The number of aromatic hydroxyl groups is 1. The third kappa shape index (κ3) is 4.08. The minimum atomic E-state index is -2.77. The number of carbonyl (C=O) groups is 4. The van der Waals surface area contributed by atoms with Crippen molar-refractivity contribution in [1.82, 2.24) is 0 Å². The number of ether oxygens (including phenoxy) is 1. The molecule has 0 aliphatic heterocycles. The van der Waals surface area contributed by atoms with Crippen LogP contribution in [0.25, 0.3) is 5.76 Å². The first-order chi connectivity index (χ1) is 18.5. The Hall–Kier alpha value is -3.50. The summed E-state index contributed by atoms with van der Waals surface area (Å²) in [5.41, 5.74) is 1.92. The zero-order chi connectivity index (χ0) is 28.2. The number of nitrogens with two attached hydrogens (primary N) is 1. The van der Waals surface area contributed by atoms with Crippen LogP contribution in [0.2, 0.25) is 0 Å². The van der Waals surface area contributed by atoms with Gasteiger partial charge in [0.05, 0.1) is 18.3 Å². The number of rotatable bonds is 7. The van der Waals surface area contributed by atoms with Crippen molar-refractivity contribution in [3.05, 3.63) is 46.2 Å². The van der Waals surface area contributed by atoms with Crippen molar-refractivity contribution in [2.45, 2.75) is 69.5 Å². The van der Waals surface area contributed by atoms with Gasteiger partial charge >= 0.3 is 0 Å². The highest BCUT2D eigenvalue weighted by molar-refractivity contribution is 6.23. The number of amides is 1. The highest BCUT2D eigenvalue weighted by atomic mass is 16.5.